The average molecular weight is 526 g/mol. The van der Waals surface area contributed by atoms with Gasteiger partial charge >= 0.3 is 6.03 Å². The Morgan fingerprint density at radius 1 is 1.05 bits per heavy atom. The molecule has 2 saturated heterocycles. The van der Waals surface area contributed by atoms with Gasteiger partial charge in [-0.2, -0.15) is 0 Å². The SMILES string of the molecule is COc1ccc(C2CCCCC2)cc1-c1csc(NC(=O)N2CCN(C3CCCN(C(C)C)C3)CC2)n1. The van der Waals surface area contributed by atoms with Gasteiger partial charge in [0.25, 0.3) is 0 Å². The lowest BCUT2D eigenvalue weighted by Crippen LogP contribution is -2.57. The normalized spacial score (nSPS) is 22.4. The summed E-state index contributed by atoms with van der Waals surface area (Å²) in [6, 6.07) is 7.70. The number of ether oxygens (including phenoxy) is 1. The number of carbonyl (C=O) groups excluding carboxylic acids is 1. The largest absolute Gasteiger partial charge is 0.496 e. The Balaban J connectivity index is 1.18. The van der Waals surface area contributed by atoms with E-state index in [2.05, 4.69) is 47.2 Å². The lowest BCUT2D eigenvalue weighted by atomic mass is 9.83. The van der Waals surface area contributed by atoms with Crippen LogP contribution in [0.15, 0.2) is 23.6 Å². The van der Waals surface area contributed by atoms with E-state index < -0.39 is 0 Å². The van der Waals surface area contributed by atoms with Crippen LogP contribution in [0.4, 0.5) is 9.93 Å². The Hall–Kier alpha value is -2.16. The quantitative estimate of drug-likeness (QED) is 0.510. The summed E-state index contributed by atoms with van der Waals surface area (Å²) in [5, 5.41) is 5.73. The highest BCUT2D eigenvalue weighted by molar-refractivity contribution is 7.14. The van der Waals surface area contributed by atoms with Crippen LogP contribution in [0, 0.1) is 0 Å². The molecule has 2 aliphatic heterocycles. The van der Waals surface area contributed by atoms with Crippen molar-refractivity contribution in [2.75, 3.05) is 51.7 Å². The van der Waals surface area contributed by atoms with Gasteiger partial charge in [0.05, 0.1) is 12.8 Å². The number of urea groups is 1. The highest BCUT2D eigenvalue weighted by atomic mass is 32.1. The summed E-state index contributed by atoms with van der Waals surface area (Å²) in [7, 11) is 1.71. The molecule has 1 atom stereocenters. The predicted octanol–water partition coefficient (Wildman–Crippen LogP) is 5.89. The van der Waals surface area contributed by atoms with Crippen molar-refractivity contribution in [1.82, 2.24) is 19.7 Å². The summed E-state index contributed by atoms with van der Waals surface area (Å²) in [5.41, 5.74) is 3.26. The fourth-order valence-corrected chi connectivity index (χ4v) is 6.98. The number of thiazole rings is 1. The van der Waals surface area contributed by atoms with E-state index in [4.69, 9.17) is 9.72 Å². The molecule has 3 fully saturated rings. The molecular formula is C29H43N5O2S. The molecule has 1 N–H and O–H groups in total. The number of likely N-dealkylation sites (tertiary alicyclic amines) is 1. The summed E-state index contributed by atoms with van der Waals surface area (Å²) < 4.78 is 5.67. The van der Waals surface area contributed by atoms with E-state index in [1.807, 2.05) is 10.3 Å². The maximum absolute atomic E-state index is 13.1. The monoisotopic (exact) mass is 525 g/mol. The number of amides is 2. The molecule has 1 aromatic heterocycles. The lowest BCUT2D eigenvalue weighted by molar-refractivity contribution is 0.0525. The second-order valence-electron chi connectivity index (χ2n) is 11.2. The molecule has 0 bridgehead atoms. The number of benzene rings is 1. The first kappa shape index (κ1) is 26.4. The number of nitrogens with zero attached hydrogens (tertiary/aromatic N) is 4. The van der Waals surface area contributed by atoms with Gasteiger partial charge in [-0.05, 0) is 69.7 Å². The predicted molar refractivity (Wildman–Crippen MR) is 152 cm³/mol. The minimum atomic E-state index is -0.0454. The molecule has 1 aliphatic carbocycles. The van der Waals surface area contributed by atoms with Crippen molar-refractivity contribution in [3.8, 4) is 17.0 Å². The maximum atomic E-state index is 13.1. The van der Waals surface area contributed by atoms with E-state index in [9.17, 15) is 4.79 Å². The number of methoxy groups -OCH3 is 1. The van der Waals surface area contributed by atoms with Crippen LogP contribution < -0.4 is 10.1 Å². The van der Waals surface area contributed by atoms with Crippen LogP contribution in [0.3, 0.4) is 0 Å². The smallest absolute Gasteiger partial charge is 0.323 e. The van der Waals surface area contributed by atoms with E-state index in [1.165, 1.54) is 68.4 Å². The number of carbonyl (C=O) groups is 1. The number of aromatic nitrogens is 1. The van der Waals surface area contributed by atoms with Crippen molar-refractivity contribution in [3.63, 3.8) is 0 Å². The summed E-state index contributed by atoms with van der Waals surface area (Å²) >= 11 is 1.48. The van der Waals surface area contributed by atoms with E-state index in [0.717, 1.165) is 49.7 Å². The van der Waals surface area contributed by atoms with E-state index >= 15 is 0 Å². The van der Waals surface area contributed by atoms with Crippen LogP contribution in [0.2, 0.25) is 0 Å². The van der Waals surface area contributed by atoms with Crippen LogP contribution >= 0.6 is 11.3 Å². The zero-order chi connectivity index (χ0) is 25.8. The molecule has 202 valence electrons. The standard InChI is InChI=1S/C29H43N5O2S/c1-21(2)34-13-7-10-24(19-34)32-14-16-33(17-15-32)29(35)31-28-30-26(20-37-28)25-18-23(11-12-27(25)36-3)22-8-5-4-6-9-22/h11-12,18,20-22,24H,4-10,13-17,19H2,1-3H3,(H,30,31,35). The van der Waals surface area contributed by atoms with Gasteiger partial charge in [-0.1, -0.05) is 25.3 Å². The molecule has 37 heavy (non-hydrogen) atoms. The van der Waals surface area contributed by atoms with Crippen molar-refractivity contribution in [2.45, 2.75) is 76.8 Å². The summed E-state index contributed by atoms with van der Waals surface area (Å²) in [4.78, 5) is 25.0. The molecule has 5 rings (SSSR count). The molecule has 7 nitrogen and oxygen atoms in total. The molecule has 2 aromatic rings. The second kappa shape index (κ2) is 12.1. The first-order valence-corrected chi connectivity index (χ1v) is 15.1. The molecular weight excluding hydrogens is 482 g/mol. The Kier molecular flexibility index (Phi) is 8.67. The fraction of sp³-hybridized carbons (Fsp3) is 0.655. The van der Waals surface area contributed by atoms with Crippen LogP contribution in [-0.2, 0) is 0 Å². The number of piperidine rings is 1. The van der Waals surface area contributed by atoms with Gasteiger partial charge in [-0.3, -0.25) is 15.1 Å². The van der Waals surface area contributed by atoms with E-state index in [1.54, 1.807) is 7.11 Å². The maximum Gasteiger partial charge on any atom is 0.323 e. The number of hydrogen-bond donors (Lipinski definition) is 1. The zero-order valence-corrected chi connectivity index (χ0v) is 23.6. The Labute approximate surface area is 226 Å². The van der Waals surface area contributed by atoms with Crippen LogP contribution in [-0.4, -0.2) is 84.2 Å². The van der Waals surface area contributed by atoms with Gasteiger partial charge in [0.1, 0.15) is 5.75 Å². The molecule has 1 saturated carbocycles. The van der Waals surface area contributed by atoms with Gasteiger partial charge in [0.2, 0.25) is 0 Å². The van der Waals surface area contributed by atoms with Crippen molar-refractivity contribution >= 4 is 22.5 Å². The molecule has 3 aliphatic rings. The average Bonchev–Trinajstić information content (AvgIpc) is 3.41. The number of anilines is 1. The van der Waals surface area contributed by atoms with Crippen LogP contribution in [0.25, 0.3) is 11.3 Å². The Morgan fingerprint density at radius 2 is 1.84 bits per heavy atom. The van der Waals surface area contributed by atoms with Crippen molar-refractivity contribution < 1.29 is 9.53 Å². The minimum Gasteiger partial charge on any atom is -0.496 e. The molecule has 0 radical (unpaired) electrons. The van der Waals surface area contributed by atoms with Gasteiger partial charge in [0.15, 0.2) is 5.13 Å². The van der Waals surface area contributed by atoms with Crippen LogP contribution in [0.5, 0.6) is 5.75 Å². The molecule has 1 aromatic carbocycles. The van der Waals surface area contributed by atoms with Gasteiger partial charge in [-0.25, -0.2) is 9.78 Å². The number of piperazine rings is 1. The lowest BCUT2D eigenvalue weighted by Gasteiger charge is -2.44. The number of nitrogens with one attached hydrogen (secondary N) is 1. The molecule has 2 amide bonds. The summed E-state index contributed by atoms with van der Waals surface area (Å²) in [5.74, 6) is 1.45. The summed E-state index contributed by atoms with van der Waals surface area (Å²) in [6.45, 7) is 10.4. The minimum absolute atomic E-state index is 0.0454. The zero-order valence-electron chi connectivity index (χ0n) is 22.7. The van der Waals surface area contributed by atoms with Gasteiger partial charge < -0.3 is 9.64 Å². The molecule has 8 heteroatoms. The van der Waals surface area contributed by atoms with Gasteiger partial charge in [0, 0.05) is 55.8 Å². The Morgan fingerprint density at radius 3 is 2.57 bits per heavy atom. The van der Waals surface area contributed by atoms with E-state index in [-0.39, 0.29) is 6.03 Å². The van der Waals surface area contributed by atoms with E-state index in [0.29, 0.717) is 23.1 Å². The third kappa shape index (κ3) is 6.29. The number of hydrogen-bond acceptors (Lipinski definition) is 6. The van der Waals surface area contributed by atoms with Crippen molar-refractivity contribution in [3.05, 3.63) is 29.1 Å². The number of rotatable bonds is 6. The highest BCUT2D eigenvalue weighted by Crippen LogP contribution is 2.38. The molecule has 0 spiro atoms. The van der Waals surface area contributed by atoms with Crippen LogP contribution in [0.1, 0.15) is 70.3 Å². The topological polar surface area (TPSA) is 60.9 Å². The third-order valence-corrected chi connectivity index (χ3v) is 9.33. The first-order valence-electron chi connectivity index (χ1n) is 14.2. The molecule has 3 heterocycles. The fourth-order valence-electron chi connectivity index (χ4n) is 6.28. The third-order valence-electron chi connectivity index (χ3n) is 8.57. The van der Waals surface area contributed by atoms with Crippen molar-refractivity contribution in [2.24, 2.45) is 0 Å². The molecule has 1 unspecified atom stereocenters. The highest BCUT2D eigenvalue weighted by Gasteiger charge is 2.30. The first-order chi connectivity index (χ1) is 18.0. The second-order valence-corrected chi connectivity index (χ2v) is 12.0. The van der Waals surface area contributed by atoms with Crippen molar-refractivity contribution in [1.29, 1.82) is 0 Å². The Bertz CT molecular complexity index is 1040. The summed E-state index contributed by atoms with van der Waals surface area (Å²) in [6.07, 6.45) is 9.02. The van der Waals surface area contributed by atoms with Gasteiger partial charge in [-0.15, -0.1) is 11.3 Å².